The zero-order chi connectivity index (χ0) is 17.1. The van der Waals surface area contributed by atoms with Crippen molar-refractivity contribution in [3.05, 3.63) is 23.2 Å². The first kappa shape index (κ1) is 16.9. The predicted octanol–water partition coefficient (Wildman–Crippen LogP) is 2.12. The van der Waals surface area contributed by atoms with E-state index >= 15 is 0 Å². The van der Waals surface area contributed by atoms with Crippen LogP contribution in [0.15, 0.2) is 18.2 Å². The predicted molar refractivity (Wildman–Crippen MR) is 90.8 cm³/mol. The number of likely N-dealkylation sites (tertiary alicyclic amines) is 1. The molecule has 24 heavy (non-hydrogen) atoms. The number of carbonyl (C=O) groups is 2. The van der Waals surface area contributed by atoms with E-state index in [4.69, 9.17) is 21.4 Å². The van der Waals surface area contributed by atoms with Crippen molar-refractivity contribution in [1.29, 1.82) is 0 Å². The van der Waals surface area contributed by atoms with Crippen LogP contribution in [0.1, 0.15) is 6.42 Å². The third kappa shape index (κ3) is 3.73. The number of anilines is 2. The Labute approximate surface area is 145 Å². The van der Waals surface area contributed by atoms with Gasteiger partial charge >= 0.3 is 12.0 Å². The Balaban J connectivity index is 1.73. The maximum Gasteiger partial charge on any atom is 0.321 e. The van der Waals surface area contributed by atoms with Crippen molar-refractivity contribution in [1.82, 2.24) is 4.90 Å². The Hall–Kier alpha value is -1.99. The smallest absolute Gasteiger partial charge is 0.321 e. The molecule has 3 rings (SSSR count). The van der Waals surface area contributed by atoms with Crippen LogP contribution in [0.5, 0.6) is 0 Å². The van der Waals surface area contributed by atoms with Crippen LogP contribution < -0.4 is 10.2 Å². The molecular weight excluding hydrogens is 334 g/mol. The van der Waals surface area contributed by atoms with E-state index in [-0.39, 0.29) is 12.6 Å². The van der Waals surface area contributed by atoms with E-state index in [0.29, 0.717) is 36.9 Å². The van der Waals surface area contributed by atoms with E-state index < -0.39 is 11.9 Å². The van der Waals surface area contributed by atoms with Gasteiger partial charge in [0.15, 0.2) is 0 Å². The Morgan fingerprint density at radius 2 is 2.00 bits per heavy atom. The van der Waals surface area contributed by atoms with Crippen LogP contribution >= 0.6 is 11.6 Å². The number of hydrogen-bond donors (Lipinski definition) is 2. The molecule has 130 valence electrons. The van der Waals surface area contributed by atoms with Crippen molar-refractivity contribution in [3.8, 4) is 0 Å². The number of morpholine rings is 1. The molecule has 0 radical (unpaired) electrons. The second-order valence-corrected chi connectivity index (χ2v) is 6.40. The number of nitrogens with one attached hydrogen (secondary N) is 1. The first-order chi connectivity index (χ1) is 11.5. The Kier molecular flexibility index (Phi) is 5.11. The number of halogens is 1. The third-order valence-corrected chi connectivity index (χ3v) is 4.61. The van der Waals surface area contributed by atoms with Crippen LogP contribution in [0.4, 0.5) is 16.2 Å². The fourth-order valence-corrected chi connectivity index (χ4v) is 3.20. The number of ether oxygens (including phenoxy) is 1. The Morgan fingerprint density at radius 1 is 1.25 bits per heavy atom. The van der Waals surface area contributed by atoms with Crippen LogP contribution in [-0.2, 0) is 9.53 Å². The molecule has 0 saturated carbocycles. The standard InChI is InChI=1S/C16H20ClN3O4/c17-12-1-2-14(19-5-7-24-8-6-19)13(9-12)18-16(23)20-4-3-11(10-20)15(21)22/h1-2,9,11H,3-8,10H2,(H,18,23)(H,21,22). The molecule has 2 amide bonds. The molecule has 0 aromatic heterocycles. The molecule has 2 fully saturated rings. The maximum absolute atomic E-state index is 12.5. The zero-order valence-electron chi connectivity index (χ0n) is 13.2. The molecule has 2 aliphatic rings. The summed E-state index contributed by atoms with van der Waals surface area (Å²) in [7, 11) is 0. The fraction of sp³-hybridized carbons (Fsp3) is 0.500. The van der Waals surface area contributed by atoms with E-state index in [1.165, 1.54) is 4.90 Å². The van der Waals surface area contributed by atoms with Crippen molar-refractivity contribution in [2.24, 2.45) is 5.92 Å². The summed E-state index contributed by atoms with van der Waals surface area (Å²) in [6.45, 7) is 3.44. The van der Waals surface area contributed by atoms with Crippen LogP contribution in [0.3, 0.4) is 0 Å². The Morgan fingerprint density at radius 3 is 2.67 bits per heavy atom. The van der Waals surface area contributed by atoms with Crippen molar-refractivity contribution < 1.29 is 19.4 Å². The summed E-state index contributed by atoms with van der Waals surface area (Å²) in [4.78, 5) is 27.2. The minimum Gasteiger partial charge on any atom is -0.481 e. The van der Waals surface area contributed by atoms with Gasteiger partial charge in [0.25, 0.3) is 0 Å². The highest BCUT2D eigenvalue weighted by atomic mass is 35.5. The zero-order valence-corrected chi connectivity index (χ0v) is 14.0. The quantitative estimate of drug-likeness (QED) is 0.869. The summed E-state index contributed by atoms with van der Waals surface area (Å²) in [5.41, 5.74) is 1.53. The fourth-order valence-electron chi connectivity index (χ4n) is 3.03. The molecule has 1 atom stereocenters. The number of aliphatic carboxylic acids is 1. The summed E-state index contributed by atoms with van der Waals surface area (Å²) in [5.74, 6) is -1.35. The van der Waals surface area contributed by atoms with Gasteiger partial charge < -0.3 is 25.0 Å². The number of carbonyl (C=O) groups excluding carboxylic acids is 1. The highest BCUT2D eigenvalue weighted by Gasteiger charge is 2.31. The van der Waals surface area contributed by atoms with Gasteiger partial charge in [0.1, 0.15) is 0 Å². The molecule has 2 saturated heterocycles. The van der Waals surface area contributed by atoms with Crippen LogP contribution in [0, 0.1) is 5.92 Å². The van der Waals surface area contributed by atoms with Gasteiger partial charge in [-0.1, -0.05) is 11.6 Å². The second kappa shape index (κ2) is 7.27. The minimum absolute atomic E-state index is 0.231. The molecule has 2 heterocycles. The number of benzene rings is 1. The molecule has 1 unspecified atom stereocenters. The second-order valence-electron chi connectivity index (χ2n) is 5.96. The Bertz CT molecular complexity index is 634. The monoisotopic (exact) mass is 353 g/mol. The average molecular weight is 354 g/mol. The average Bonchev–Trinajstić information content (AvgIpc) is 3.06. The topological polar surface area (TPSA) is 82.1 Å². The lowest BCUT2D eigenvalue weighted by atomic mass is 10.1. The summed E-state index contributed by atoms with van der Waals surface area (Å²) in [6.07, 6.45) is 0.481. The van der Waals surface area contributed by atoms with Gasteiger partial charge in [-0.3, -0.25) is 4.79 Å². The molecular formula is C16H20ClN3O4. The third-order valence-electron chi connectivity index (χ3n) is 4.38. The van der Waals surface area contributed by atoms with Gasteiger partial charge in [0, 0.05) is 31.2 Å². The van der Waals surface area contributed by atoms with E-state index in [1.807, 2.05) is 6.07 Å². The highest BCUT2D eigenvalue weighted by Crippen LogP contribution is 2.30. The highest BCUT2D eigenvalue weighted by molar-refractivity contribution is 6.31. The number of urea groups is 1. The first-order valence-electron chi connectivity index (χ1n) is 7.95. The number of amides is 2. The molecule has 1 aromatic carbocycles. The summed E-state index contributed by atoms with van der Waals surface area (Å²) < 4.78 is 5.36. The normalized spacial score (nSPS) is 21.0. The molecule has 2 aliphatic heterocycles. The van der Waals surface area contributed by atoms with Gasteiger partial charge in [-0.2, -0.15) is 0 Å². The number of rotatable bonds is 3. The van der Waals surface area contributed by atoms with Crippen LogP contribution in [-0.4, -0.2) is 61.4 Å². The van der Waals surface area contributed by atoms with E-state index in [0.717, 1.165) is 18.8 Å². The van der Waals surface area contributed by atoms with Crippen molar-refractivity contribution >= 4 is 35.0 Å². The summed E-state index contributed by atoms with van der Waals surface area (Å²) in [6, 6.07) is 5.09. The maximum atomic E-state index is 12.5. The molecule has 0 spiro atoms. The summed E-state index contributed by atoms with van der Waals surface area (Å²) in [5, 5.41) is 12.5. The van der Waals surface area contributed by atoms with Gasteiger partial charge in [-0.05, 0) is 24.6 Å². The van der Waals surface area contributed by atoms with E-state index in [2.05, 4.69) is 10.2 Å². The lowest BCUT2D eigenvalue weighted by Crippen LogP contribution is -2.38. The van der Waals surface area contributed by atoms with Crippen LogP contribution in [0.25, 0.3) is 0 Å². The van der Waals surface area contributed by atoms with Gasteiger partial charge in [0.05, 0.1) is 30.5 Å². The van der Waals surface area contributed by atoms with Crippen LogP contribution in [0.2, 0.25) is 5.02 Å². The number of hydrogen-bond acceptors (Lipinski definition) is 4. The van der Waals surface area contributed by atoms with Gasteiger partial charge in [-0.15, -0.1) is 0 Å². The first-order valence-corrected chi connectivity index (χ1v) is 8.33. The molecule has 7 nitrogen and oxygen atoms in total. The van der Waals surface area contributed by atoms with E-state index in [9.17, 15) is 9.59 Å². The number of nitrogens with zero attached hydrogens (tertiary/aromatic N) is 2. The minimum atomic E-state index is -0.859. The molecule has 0 aliphatic carbocycles. The lowest BCUT2D eigenvalue weighted by Gasteiger charge is -2.31. The number of carboxylic acids is 1. The lowest BCUT2D eigenvalue weighted by molar-refractivity contribution is -0.141. The van der Waals surface area contributed by atoms with Gasteiger partial charge in [0.2, 0.25) is 0 Å². The SMILES string of the molecule is O=C(O)C1CCN(C(=O)Nc2cc(Cl)ccc2N2CCOCC2)C1. The molecule has 2 N–H and O–H groups in total. The molecule has 8 heteroatoms. The number of carboxylic acid groups (broad SMARTS) is 1. The molecule has 1 aromatic rings. The van der Waals surface area contributed by atoms with Crippen molar-refractivity contribution in [2.75, 3.05) is 49.6 Å². The van der Waals surface area contributed by atoms with Gasteiger partial charge in [-0.25, -0.2) is 4.79 Å². The largest absolute Gasteiger partial charge is 0.481 e. The summed E-state index contributed by atoms with van der Waals surface area (Å²) >= 11 is 6.08. The van der Waals surface area contributed by atoms with E-state index in [1.54, 1.807) is 12.1 Å². The molecule has 0 bridgehead atoms. The van der Waals surface area contributed by atoms with Crippen molar-refractivity contribution in [2.45, 2.75) is 6.42 Å². The van der Waals surface area contributed by atoms with Crippen molar-refractivity contribution in [3.63, 3.8) is 0 Å².